The number of hydrogen-bond donors (Lipinski definition) is 1. The van der Waals surface area contributed by atoms with E-state index in [0.29, 0.717) is 6.42 Å². The van der Waals surface area contributed by atoms with Crippen molar-refractivity contribution in [2.24, 2.45) is 11.7 Å². The SMILES string of the molecule is CCC1CCC(N)(Cc2ccccc2F)C1. The van der Waals surface area contributed by atoms with Crippen LogP contribution in [0.15, 0.2) is 24.3 Å². The van der Waals surface area contributed by atoms with Crippen LogP contribution in [0.3, 0.4) is 0 Å². The van der Waals surface area contributed by atoms with Crippen molar-refractivity contribution < 1.29 is 4.39 Å². The molecule has 2 heteroatoms. The Bertz CT molecular complexity index is 364. The van der Waals surface area contributed by atoms with Gasteiger partial charge in [0, 0.05) is 5.54 Å². The highest BCUT2D eigenvalue weighted by Gasteiger charge is 2.35. The second-order valence-corrected chi connectivity index (χ2v) is 5.15. The molecule has 1 aliphatic rings. The molecule has 2 rings (SSSR count). The zero-order valence-corrected chi connectivity index (χ0v) is 9.88. The maximum absolute atomic E-state index is 13.5. The minimum Gasteiger partial charge on any atom is -0.325 e. The fourth-order valence-electron chi connectivity index (χ4n) is 2.80. The third-order valence-corrected chi connectivity index (χ3v) is 3.82. The first kappa shape index (κ1) is 11.6. The van der Waals surface area contributed by atoms with Crippen LogP contribution in [0.25, 0.3) is 0 Å². The Hall–Kier alpha value is -0.890. The molecule has 0 saturated heterocycles. The largest absolute Gasteiger partial charge is 0.325 e. The fourth-order valence-corrected chi connectivity index (χ4v) is 2.80. The first-order valence-corrected chi connectivity index (χ1v) is 6.15. The standard InChI is InChI=1S/C14H20FN/c1-2-11-7-8-14(16,9-11)10-12-5-3-4-6-13(12)15/h3-6,11H,2,7-10,16H2,1H3. The molecule has 0 heterocycles. The summed E-state index contributed by atoms with van der Waals surface area (Å²) in [6.07, 6.45) is 5.13. The van der Waals surface area contributed by atoms with Crippen LogP contribution in [0.5, 0.6) is 0 Å². The van der Waals surface area contributed by atoms with Crippen molar-refractivity contribution in [2.75, 3.05) is 0 Å². The summed E-state index contributed by atoms with van der Waals surface area (Å²) >= 11 is 0. The van der Waals surface area contributed by atoms with E-state index in [9.17, 15) is 4.39 Å². The van der Waals surface area contributed by atoms with E-state index < -0.39 is 0 Å². The lowest BCUT2D eigenvalue weighted by atomic mass is 9.89. The van der Waals surface area contributed by atoms with Crippen molar-refractivity contribution in [3.63, 3.8) is 0 Å². The first-order chi connectivity index (χ1) is 7.63. The zero-order chi connectivity index (χ0) is 11.6. The van der Waals surface area contributed by atoms with Crippen LogP contribution < -0.4 is 5.73 Å². The molecule has 16 heavy (non-hydrogen) atoms. The summed E-state index contributed by atoms with van der Waals surface area (Å²) in [6.45, 7) is 2.21. The van der Waals surface area contributed by atoms with Crippen molar-refractivity contribution in [3.05, 3.63) is 35.6 Å². The Morgan fingerprint density at radius 1 is 1.44 bits per heavy atom. The predicted molar refractivity (Wildman–Crippen MR) is 64.7 cm³/mol. The lowest BCUT2D eigenvalue weighted by Gasteiger charge is -2.24. The van der Waals surface area contributed by atoms with Gasteiger partial charge in [-0.3, -0.25) is 0 Å². The lowest BCUT2D eigenvalue weighted by Crippen LogP contribution is -2.39. The van der Waals surface area contributed by atoms with E-state index >= 15 is 0 Å². The zero-order valence-electron chi connectivity index (χ0n) is 9.88. The Labute approximate surface area is 96.9 Å². The quantitative estimate of drug-likeness (QED) is 0.833. The summed E-state index contributed by atoms with van der Waals surface area (Å²) in [6, 6.07) is 6.98. The first-order valence-electron chi connectivity index (χ1n) is 6.15. The Morgan fingerprint density at radius 2 is 2.19 bits per heavy atom. The van der Waals surface area contributed by atoms with Crippen molar-refractivity contribution in [3.8, 4) is 0 Å². The summed E-state index contributed by atoms with van der Waals surface area (Å²) in [5.74, 6) is 0.615. The number of halogens is 1. The van der Waals surface area contributed by atoms with Crippen LogP contribution in [0.2, 0.25) is 0 Å². The van der Waals surface area contributed by atoms with Crippen molar-refractivity contribution in [1.29, 1.82) is 0 Å². The average Bonchev–Trinajstić information content (AvgIpc) is 2.64. The molecule has 0 aromatic heterocycles. The lowest BCUT2D eigenvalue weighted by molar-refractivity contribution is 0.400. The normalized spacial score (nSPS) is 29.6. The number of rotatable bonds is 3. The molecule has 2 N–H and O–H groups in total. The maximum atomic E-state index is 13.5. The van der Waals surface area contributed by atoms with E-state index in [4.69, 9.17) is 5.73 Å². The van der Waals surface area contributed by atoms with E-state index in [2.05, 4.69) is 6.92 Å². The van der Waals surface area contributed by atoms with E-state index in [1.807, 2.05) is 12.1 Å². The highest BCUT2D eigenvalue weighted by atomic mass is 19.1. The van der Waals surface area contributed by atoms with Gasteiger partial charge < -0.3 is 5.73 Å². The molecular weight excluding hydrogens is 201 g/mol. The molecule has 1 nitrogen and oxygen atoms in total. The maximum Gasteiger partial charge on any atom is 0.126 e. The van der Waals surface area contributed by atoms with E-state index in [1.165, 1.54) is 18.9 Å². The van der Waals surface area contributed by atoms with Gasteiger partial charge in [-0.2, -0.15) is 0 Å². The van der Waals surface area contributed by atoms with Gasteiger partial charge in [-0.05, 0) is 43.2 Å². The summed E-state index contributed by atoms with van der Waals surface area (Å²) in [7, 11) is 0. The molecule has 0 radical (unpaired) electrons. The van der Waals surface area contributed by atoms with Gasteiger partial charge in [0.15, 0.2) is 0 Å². The number of nitrogens with two attached hydrogens (primary N) is 1. The van der Waals surface area contributed by atoms with Crippen molar-refractivity contribution in [1.82, 2.24) is 0 Å². The highest BCUT2D eigenvalue weighted by molar-refractivity contribution is 5.20. The van der Waals surface area contributed by atoms with E-state index in [-0.39, 0.29) is 11.4 Å². The van der Waals surface area contributed by atoms with Gasteiger partial charge in [0.05, 0.1) is 0 Å². The number of hydrogen-bond acceptors (Lipinski definition) is 1. The summed E-state index contributed by atoms with van der Waals surface area (Å²) in [4.78, 5) is 0. The molecule has 0 bridgehead atoms. The third-order valence-electron chi connectivity index (χ3n) is 3.82. The smallest absolute Gasteiger partial charge is 0.126 e. The molecule has 88 valence electrons. The second kappa shape index (κ2) is 4.54. The van der Waals surface area contributed by atoms with Gasteiger partial charge in [-0.25, -0.2) is 4.39 Å². The predicted octanol–water partition coefficient (Wildman–Crippen LogP) is 3.28. The Morgan fingerprint density at radius 3 is 2.81 bits per heavy atom. The van der Waals surface area contributed by atoms with Crippen LogP contribution in [0.1, 0.15) is 38.2 Å². The Balaban J connectivity index is 2.08. The third kappa shape index (κ3) is 2.43. The van der Waals surface area contributed by atoms with Gasteiger partial charge in [-0.15, -0.1) is 0 Å². The van der Waals surface area contributed by atoms with E-state index in [0.717, 1.165) is 24.3 Å². The van der Waals surface area contributed by atoms with Crippen molar-refractivity contribution in [2.45, 2.75) is 44.6 Å². The monoisotopic (exact) mass is 221 g/mol. The molecule has 2 unspecified atom stereocenters. The molecule has 0 spiro atoms. The second-order valence-electron chi connectivity index (χ2n) is 5.15. The van der Waals surface area contributed by atoms with Crippen molar-refractivity contribution >= 4 is 0 Å². The molecule has 1 aromatic carbocycles. The molecule has 1 aromatic rings. The molecule has 2 atom stereocenters. The topological polar surface area (TPSA) is 26.0 Å². The van der Waals surface area contributed by atoms with Crippen LogP contribution >= 0.6 is 0 Å². The Kier molecular flexibility index (Phi) is 3.29. The average molecular weight is 221 g/mol. The van der Waals surface area contributed by atoms with Gasteiger partial charge in [0.25, 0.3) is 0 Å². The van der Waals surface area contributed by atoms with Gasteiger partial charge in [0.1, 0.15) is 5.82 Å². The van der Waals surface area contributed by atoms with Gasteiger partial charge >= 0.3 is 0 Å². The molecule has 1 saturated carbocycles. The molecular formula is C14H20FN. The van der Waals surface area contributed by atoms with Crippen LogP contribution in [0, 0.1) is 11.7 Å². The summed E-state index contributed by atoms with van der Waals surface area (Å²) < 4.78 is 13.5. The summed E-state index contributed by atoms with van der Waals surface area (Å²) in [5.41, 5.74) is 6.95. The van der Waals surface area contributed by atoms with Crippen LogP contribution in [-0.4, -0.2) is 5.54 Å². The molecule has 1 aliphatic carbocycles. The molecule has 1 fully saturated rings. The highest BCUT2D eigenvalue weighted by Crippen LogP contribution is 2.36. The minimum absolute atomic E-state index is 0.118. The summed E-state index contributed by atoms with van der Waals surface area (Å²) in [5, 5.41) is 0. The van der Waals surface area contributed by atoms with E-state index in [1.54, 1.807) is 6.07 Å². The van der Waals surface area contributed by atoms with Crippen LogP contribution in [0.4, 0.5) is 4.39 Å². The number of benzene rings is 1. The van der Waals surface area contributed by atoms with Crippen LogP contribution in [-0.2, 0) is 6.42 Å². The van der Waals surface area contributed by atoms with Gasteiger partial charge in [-0.1, -0.05) is 31.5 Å². The van der Waals surface area contributed by atoms with Gasteiger partial charge in [0.2, 0.25) is 0 Å². The molecule has 0 aliphatic heterocycles. The fraction of sp³-hybridized carbons (Fsp3) is 0.571. The molecule has 0 amide bonds. The minimum atomic E-state index is -0.178.